The van der Waals surface area contributed by atoms with E-state index in [2.05, 4.69) is 9.71 Å². The smallest absolute Gasteiger partial charge is 0.264 e. The van der Waals surface area contributed by atoms with Crippen molar-refractivity contribution in [1.82, 2.24) is 4.98 Å². The summed E-state index contributed by atoms with van der Waals surface area (Å²) in [4.78, 5) is 15.9. The number of hydrogen-bond donors (Lipinski definition) is 2. The molecule has 0 aliphatic heterocycles. The van der Waals surface area contributed by atoms with E-state index in [4.69, 9.17) is 5.73 Å². The van der Waals surface area contributed by atoms with Gasteiger partial charge in [0.05, 0.1) is 16.8 Å². The number of sulfonamides is 1. The maximum absolute atomic E-state index is 12.9. The van der Waals surface area contributed by atoms with Gasteiger partial charge in [-0.05, 0) is 43.2 Å². The number of nitrogens with two attached hydrogens (primary N) is 1. The van der Waals surface area contributed by atoms with Gasteiger partial charge in [0.2, 0.25) is 0 Å². The molecule has 1 amide bonds. The second-order valence-electron chi connectivity index (χ2n) is 5.81. The first-order valence-corrected chi connectivity index (χ1v) is 9.05. The fourth-order valence-corrected chi connectivity index (χ4v) is 3.99. The molecule has 1 heterocycles. The predicted molar refractivity (Wildman–Crippen MR) is 97.0 cm³/mol. The van der Waals surface area contributed by atoms with Crippen molar-refractivity contribution >= 4 is 32.5 Å². The molecule has 3 aromatic rings. The van der Waals surface area contributed by atoms with Gasteiger partial charge in [-0.15, -0.1) is 0 Å². The summed E-state index contributed by atoms with van der Waals surface area (Å²) in [6.45, 7) is 3.59. The lowest BCUT2D eigenvalue weighted by Gasteiger charge is -2.14. The Balaban J connectivity index is 2.15. The lowest BCUT2D eigenvalue weighted by Crippen LogP contribution is -2.20. The van der Waals surface area contributed by atoms with Crippen LogP contribution in [0, 0.1) is 13.8 Å². The van der Waals surface area contributed by atoms with E-state index in [-0.39, 0.29) is 16.1 Å². The number of para-hydroxylation sites is 2. The van der Waals surface area contributed by atoms with Crippen LogP contribution in [0.1, 0.15) is 21.5 Å². The molecule has 3 N–H and O–H groups in total. The molecule has 0 unspecified atom stereocenters. The van der Waals surface area contributed by atoms with E-state index in [1.807, 2.05) is 13.0 Å². The SMILES string of the molecule is Cc1cnc2c(S(=O)(=O)Nc3c(C)cccc3C(N)=O)cccc2c1. The van der Waals surface area contributed by atoms with Crippen molar-refractivity contribution in [2.75, 3.05) is 4.72 Å². The first kappa shape index (κ1) is 16.9. The van der Waals surface area contributed by atoms with Crippen molar-refractivity contribution in [2.24, 2.45) is 5.73 Å². The number of fused-ring (bicyclic) bond motifs is 1. The topological polar surface area (TPSA) is 102 Å². The summed E-state index contributed by atoms with van der Waals surface area (Å²) < 4.78 is 28.3. The van der Waals surface area contributed by atoms with Crippen LogP contribution in [-0.4, -0.2) is 19.3 Å². The van der Waals surface area contributed by atoms with Gasteiger partial charge in [0.25, 0.3) is 15.9 Å². The van der Waals surface area contributed by atoms with E-state index in [1.165, 1.54) is 12.1 Å². The molecule has 25 heavy (non-hydrogen) atoms. The zero-order valence-corrected chi connectivity index (χ0v) is 14.6. The number of aryl methyl sites for hydroxylation is 2. The third-order valence-corrected chi connectivity index (χ3v) is 5.26. The number of hydrogen-bond acceptors (Lipinski definition) is 4. The van der Waals surface area contributed by atoms with Crippen LogP contribution in [0.5, 0.6) is 0 Å². The molecule has 0 bridgehead atoms. The molecular weight excluding hydrogens is 338 g/mol. The number of rotatable bonds is 4. The molecule has 0 radical (unpaired) electrons. The highest BCUT2D eigenvalue weighted by Gasteiger charge is 2.22. The number of amides is 1. The molecule has 0 spiro atoms. The summed E-state index contributed by atoms with van der Waals surface area (Å²) >= 11 is 0. The molecule has 6 nitrogen and oxygen atoms in total. The molecule has 0 aliphatic rings. The highest BCUT2D eigenvalue weighted by Crippen LogP contribution is 2.27. The highest BCUT2D eigenvalue weighted by atomic mass is 32.2. The monoisotopic (exact) mass is 355 g/mol. The van der Waals surface area contributed by atoms with Gasteiger partial charge < -0.3 is 5.73 Å². The minimum absolute atomic E-state index is 0.0451. The summed E-state index contributed by atoms with van der Waals surface area (Å²) in [6, 6.07) is 11.6. The summed E-state index contributed by atoms with van der Waals surface area (Å²) in [6.07, 6.45) is 1.62. The minimum atomic E-state index is -3.95. The number of primary amides is 1. The van der Waals surface area contributed by atoms with Crippen LogP contribution in [0.4, 0.5) is 5.69 Å². The number of benzene rings is 2. The zero-order chi connectivity index (χ0) is 18.2. The third-order valence-electron chi connectivity index (χ3n) is 3.87. The van der Waals surface area contributed by atoms with Gasteiger partial charge >= 0.3 is 0 Å². The Kier molecular flexibility index (Phi) is 4.18. The van der Waals surface area contributed by atoms with Crippen molar-refractivity contribution in [3.63, 3.8) is 0 Å². The lowest BCUT2D eigenvalue weighted by atomic mass is 10.1. The van der Waals surface area contributed by atoms with Gasteiger partial charge in [-0.2, -0.15) is 0 Å². The molecule has 3 rings (SSSR count). The molecule has 1 aromatic heterocycles. The third kappa shape index (κ3) is 3.18. The van der Waals surface area contributed by atoms with Gasteiger partial charge in [-0.1, -0.05) is 24.3 Å². The van der Waals surface area contributed by atoms with Crippen molar-refractivity contribution in [2.45, 2.75) is 18.7 Å². The van der Waals surface area contributed by atoms with Gasteiger partial charge in [-0.3, -0.25) is 14.5 Å². The molecule has 7 heteroatoms. The Morgan fingerprint density at radius 2 is 1.84 bits per heavy atom. The summed E-state index contributed by atoms with van der Waals surface area (Å²) in [5.74, 6) is -0.701. The van der Waals surface area contributed by atoms with E-state index in [0.717, 1.165) is 10.9 Å². The van der Waals surface area contributed by atoms with Crippen molar-refractivity contribution in [3.8, 4) is 0 Å². The molecule has 0 fully saturated rings. The van der Waals surface area contributed by atoms with Gasteiger partial charge in [0.1, 0.15) is 4.90 Å². The molecule has 0 saturated carbocycles. The Morgan fingerprint density at radius 3 is 2.56 bits per heavy atom. The second-order valence-corrected chi connectivity index (χ2v) is 7.46. The largest absolute Gasteiger partial charge is 0.366 e. The number of nitrogens with zero attached hydrogens (tertiary/aromatic N) is 1. The number of carbonyl (C=O) groups is 1. The van der Waals surface area contributed by atoms with E-state index in [1.54, 1.807) is 37.4 Å². The fourth-order valence-electron chi connectivity index (χ4n) is 2.66. The normalized spacial score (nSPS) is 11.4. The molecule has 128 valence electrons. The predicted octanol–water partition coefficient (Wildman–Crippen LogP) is 2.75. The fraction of sp³-hybridized carbons (Fsp3) is 0.111. The first-order valence-electron chi connectivity index (χ1n) is 7.57. The standard InChI is InChI=1S/C18H17N3O3S/c1-11-9-13-6-4-8-15(17(13)20-10-11)25(23,24)21-16-12(2)5-3-7-14(16)18(19)22/h3-10,21H,1-2H3,(H2,19,22). The molecular formula is C18H17N3O3S. The average Bonchev–Trinajstić information content (AvgIpc) is 2.55. The summed E-state index contributed by atoms with van der Waals surface area (Å²) in [7, 11) is -3.95. The Morgan fingerprint density at radius 1 is 1.12 bits per heavy atom. The van der Waals surface area contributed by atoms with Crippen molar-refractivity contribution in [3.05, 3.63) is 65.4 Å². The summed E-state index contributed by atoms with van der Waals surface area (Å²) in [5, 5.41) is 0.725. The Hall–Kier alpha value is -2.93. The maximum Gasteiger partial charge on any atom is 0.264 e. The summed E-state index contributed by atoms with van der Waals surface area (Å²) in [5.41, 5.74) is 7.57. The van der Waals surface area contributed by atoms with Crippen LogP contribution in [0.15, 0.2) is 53.6 Å². The Labute approximate surface area is 145 Å². The van der Waals surface area contributed by atoms with Crippen molar-refractivity contribution in [1.29, 1.82) is 0 Å². The van der Waals surface area contributed by atoms with Crippen LogP contribution in [-0.2, 0) is 10.0 Å². The Bertz CT molecular complexity index is 1090. The molecule has 0 atom stereocenters. The molecule has 0 aliphatic carbocycles. The van der Waals surface area contributed by atoms with Crippen LogP contribution in [0.3, 0.4) is 0 Å². The number of aromatic nitrogens is 1. The van der Waals surface area contributed by atoms with E-state index < -0.39 is 15.9 Å². The number of pyridine rings is 1. The van der Waals surface area contributed by atoms with Gasteiger partial charge in [-0.25, -0.2) is 8.42 Å². The molecule has 2 aromatic carbocycles. The highest BCUT2D eigenvalue weighted by molar-refractivity contribution is 7.93. The average molecular weight is 355 g/mol. The van der Waals surface area contributed by atoms with Gasteiger partial charge in [0.15, 0.2) is 0 Å². The maximum atomic E-state index is 12.9. The van der Waals surface area contributed by atoms with Crippen LogP contribution < -0.4 is 10.5 Å². The van der Waals surface area contributed by atoms with Crippen molar-refractivity contribution < 1.29 is 13.2 Å². The van der Waals surface area contributed by atoms with Crippen LogP contribution >= 0.6 is 0 Å². The number of carbonyl (C=O) groups excluding carboxylic acids is 1. The quantitative estimate of drug-likeness (QED) is 0.751. The van der Waals surface area contributed by atoms with Crippen LogP contribution in [0.25, 0.3) is 10.9 Å². The minimum Gasteiger partial charge on any atom is -0.366 e. The molecule has 0 saturated heterocycles. The first-order chi connectivity index (χ1) is 11.8. The number of anilines is 1. The second kappa shape index (κ2) is 6.18. The van der Waals surface area contributed by atoms with Crippen LogP contribution in [0.2, 0.25) is 0 Å². The van der Waals surface area contributed by atoms with E-state index in [9.17, 15) is 13.2 Å². The number of nitrogens with one attached hydrogen (secondary N) is 1. The van der Waals surface area contributed by atoms with Gasteiger partial charge in [0, 0.05) is 11.6 Å². The zero-order valence-electron chi connectivity index (χ0n) is 13.8. The van der Waals surface area contributed by atoms with E-state index in [0.29, 0.717) is 11.1 Å². The lowest BCUT2D eigenvalue weighted by molar-refractivity contribution is 0.100. The van der Waals surface area contributed by atoms with E-state index >= 15 is 0 Å².